The molecule has 0 aliphatic carbocycles. The zero-order chi connectivity index (χ0) is 14.3. The maximum Gasteiger partial charge on any atom is 0.108 e. The number of aliphatic hydroxyl groups excluding tert-OH is 1. The van der Waals surface area contributed by atoms with Gasteiger partial charge < -0.3 is 9.52 Å². The molecule has 1 atom stereocenters. The lowest BCUT2D eigenvalue weighted by Crippen LogP contribution is -2.02. The van der Waals surface area contributed by atoms with Crippen LogP contribution >= 0.6 is 0 Å². The predicted octanol–water partition coefficient (Wildman–Crippen LogP) is 4.44. The Labute approximate surface area is 118 Å². The Bertz CT molecular complexity index is 768. The first-order valence-corrected chi connectivity index (χ1v) is 6.81. The molecular formula is C18H18O2. The zero-order valence-electron chi connectivity index (χ0n) is 12.0. The van der Waals surface area contributed by atoms with Gasteiger partial charge in [-0.3, -0.25) is 0 Å². The minimum Gasteiger partial charge on any atom is -0.466 e. The Morgan fingerprint density at radius 1 is 0.900 bits per heavy atom. The SMILES string of the molecule is Cc1oc(C)c(C(O)c2ccc3ccccc3c2)c1C. The van der Waals surface area contributed by atoms with Gasteiger partial charge in [0.25, 0.3) is 0 Å². The first-order valence-electron chi connectivity index (χ1n) is 6.81. The van der Waals surface area contributed by atoms with Crippen molar-refractivity contribution in [1.29, 1.82) is 0 Å². The molecule has 2 aromatic carbocycles. The second-order valence-corrected chi connectivity index (χ2v) is 5.26. The van der Waals surface area contributed by atoms with Crippen LogP contribution in [0.25, 0.3) is 10.8 Å². The summed E-state index contributed by atoms with van der Waals surface area (Å²) in [4.78, 5) is 0. The van der Waals surface area contributed by atoms with Crippen molar-refractivity contribution in [2.24, 2.45) is 0 Å². The quantitative estimate of drug-likeness (QED) is 0.744. The van der Waals surface area contributed by atoms with Crippen LogP contribution in [0.1, 0.15) is 34.3 Å². The monoisotopic (exact) mass is 266 g/mol. The topological polar surface area (TPSA) is 33.4 Å². The molecule has 0 fully saturated rings. The average molecular weight is 266 g/mol. The molecule has 0 aliphatic heterocycles. The van der Waals surface area contributed by atoms with Gasteiger partial charge in [0, 0.05) is 5.56 Å². The van der Waals surface area contributed by atoms with Crippen LogP contribution in [-0.4, -0.2) is 5.11 Å². The molecule has 2 nitrogen and oxygen atoms in total. The van der Waals surface area contributed by atoms with E-state index in [9.17, 15) is 5.11 Å². The van der Waals surface area contributed by atoms with E-state index < -0.39 is 6.10 Å². The van der Waals surface area contributed by atoms with E-state index in [1.807, 2.05) is 51.1 Å². The number of hydrogen-bond acceptors (Lipinski definition) is 2. The normalized spacial score (nSPS) is 12.8. The number of furan rings is 1. The average Bonchev–Trinajstić information content (AvgIpc) is 2.71. The minimum atomic E-state index is -0.642. The van der Waals surface area contributed by atoms with Crippen molar-refractivity contribution in [1.82, 2.24) is 0 Å². The van der Waals surface area contributed by atoms with Gasteiger partial charge in [-0.2, -0.15) is 0 Å². The Morgan fingerprint density at radius 2 is 1.60 bits per heavy atom. The molecule has 0 saturated heterocycles. The van der Waals surface area contributed by atoms with Crippen LogP contribution in [0.5, 0.6) is 0 Å². The van der Waals surface area contributed by atoms with Gasteiger partial charge in [0.2, 0.25) is 0 Å². The van der Waals surface area contributed by atoms with E-state index in [4.69, 9.17) is 4.42 Å². The molecule has 0 bridgehead atoms. The molecule has 1 heterocycles. The summed E-state index contributed by atoms with van der Waals surface area (Å²) in [5.74, 6) is 1.66. The van der Waals surface area contributed by atoms with Crippen molar-refractivity contribution >= 4 is 10.8 Å². The van der Waals surface area contributed by atoms with Crippen LogP contribution in [0.2, 0.25) is 0 Å². The molecular weight excluding hydrogens is 248 g/mol. The second kappa shape index (κ2) is 4.80. The van der Waals surface area contributed by atoms with Crippen LogP contribution in [-0.2, 0) is 0 Å². The highest BCUT2D eigenvalue weighted by Gasteiger charge is 2.20. The molecule has 0 amide bonds. The fraction of sp³-hybridized carbons (Fsp3) is 0.222. The number of rotatable bonds is 2. The Balaban J connectivity index is 2.10. The fourth-order valence-corrected chi connectivity index (χ4v) is 2.76. The van der Waals surface area contributed by atoms with Crippen LogP contribution in [0.3, 0.4) is 0 Å². The number of benzene rings is 2. The molecule has 3 aromatic rings. The molecule has 0 spiro atoms. The highest BCUT2D eigenvalue weighted by Crippen LogP contribution is 2.32. The van der Waals surface area contributed by atoms with Crippen molar-refractivity contribution in [3.63, 3.8) is 0 Å². The van der Waals surface area contributed by atoms with Crippen molar-refractivity contribution in [3.8, 4) is 0 Å². The predicted molar refractivity (Wildman–Crippen MR) is 80.9 cm³/mol. The Kier molecular flexibility index (Phi) is 3.11. The molecule has 20 heavy (non-hydrogen) atoms. The standard InChI is InChI=1S/C18H18O2/c1-11-12(2)20-13(3)17(11)18(19)16-9-8-14-6-4-5-7-15(14)10-16/h4-10,18-19H,1-3H3. The summed E-state index contributed by atoms with van der Waals surface area (Å²) in [6.07, 6.45) is -0.642. The smallest absolute Gasteiger partial charge is 0.108 e. The molecule has 1 aromatic heterocycles. The van der Waals surface area contributed by atoms with E-state index in [1.54, 1.807) is 0 Å². The third-order valence-electron chi connectivity index (χ3n) is 3.98. The first-order chi connectivity index (χ1) is 9.58. The molecule has 2 heteroatoms. The van der Waals surface area contributed by atoms with Crippen molar-refractivity contribution < 1.29 is 9.52 Å². The van der Waals surface area contributed by atoms with Gasteiger partial charge in [-0.15, -0.1) is 0 Å². The number of aryl methyl sites for hydroxylation is 2. The van der Waals surface area contributed by atoms with E-state index in [0.717, 1.165) is 33.6 Å². The summed E-state index contributed by atoms with van der Waals surface area (Å²) in [6, 6.07) is 14.2. The molecule has 1 unspecified atom stereocenters. The number of aliphatic hydroxyl groups is 1. The number of hydrogen-bond donors (Lipinski definition) is 1. The molecule has 3 rings (SSSR count). The van der Waals surface area contributed by atoms with E-state index in [0.29, 0.717) is 0 Å². The maximum absolute atomic E-state index is 10.7. The van der Waals surface area contributed by atoms with Gasteiger partial charge in [-0.25, -0.2) is 0 Å². The fourth-order valence-electron chi connectivity index (χ4n) is 2.76. The van der Waals surface area contributed by atoms with Crippen molar-refractivity contribution in [3.05, 3.63) is 70.7 Å². The van der Waals surface area contributed by atoms with Crippen LogP contribution in [0.15, 0.2) is 46.9 Å². The summed E-state index contributed by atoms with van der Waals surface area (Å²) in [5, 5.41) is 13.0. The molecule has 0 aliphatic rings. The Hall–Kier alpha value is -2.06. The first kappa shape index (κ1) is 12.9. The molecule has 0 radical (unpaired) electrons. The Morgan fingerprint density at radius 3 is 2.25 bits per heavy atom. The number of fused-ring (bicyclic) bond motifs is 1. The van der Waals surface area contributed by atoms with Gasteiger partial charge >= 0.3 is 0 Å². The lowest BCUT2D eigenvalue weighted by molar-refractivity contribution is 0.217. The summed E-state index contributed by atoms with van der Waals surface area (Å²) in [6.45, 7) is 5.82. The lowest BCUT2D eigenvalue weighted by Gasteiger charge is -2.12. The van der Waals surface area contributed by atoms with Crippen LogP contribution in [0, 0.1) is 20.8 Å². The van der Waals surface area contributed by atoms with Crippen LogP contribution in [0.4, 0.5) is 0 Å². The summed E-state index contributed by atoms with van der Waals surface area (Å²) in [7, 11) is 0. The van der Waals surface area contributed by atoms with Gasteiger partial charge in [-0.1, -0.05) is 36.4 Å². The minimum absolute atomic E-state index is 0.642. The lowest BCUT2D eigenvalue weighted by atomic mass is 9.96. The molecule has 102 valence electrons. The summed E-state index contributed by atoms with van der Waals surface area (Å²) < 4.78 is 5.62. The zero-order valence-corrected chi connectivity index (χ0v) is 12.0. The summed E-state index contributed by atoms with van der Waals surface area (Å²) in [5.41, 5.74) is 2.82. The van der Waals surface area contributed by atoms with Gasteiger partial charge in [0.1, 0.15) is 17.6 Å². The van der Waals surface area contributed by atoms with Gasteiger partial charge in [0.15, 0.2) is 0 Å². The highest BCUT2D eigenvalue weighted by molar-refractivity contribution is 5.83. The van der Waals surface area contributed by atoms with Gasteiger partial charge in [0.05, 0.1) is 0 Å². The molecule has 0 saturated carbocycles. The largest absolute Gasteiger partial charge is 0.466 e. The summed E-state index contributed by atoms with van der Waals surface area (Å²) >= 11 is 0. The third-order valence-corrected chi connectivity index (χ3v) is 3.98. The molecule has 1 N–H and O–H groups in total. The van der Waals surface area contributed by atoms with E-state index in [2.05, 4.69) is 12.1 Å². The van der Waals surface area contributed by atoms with E-state index in [1.165, 1.54) is 5.39 Å². The van der Waals surface area contributed by atoms with Crippen LogP contribution < -0.4 is 0 Å². The second-order valence-electron chi connectivity index (χ2n) is 5.26. The van der Waals surface area contributed by atoms with Gasteiger partial charge in [-0.05, 0) is 48.7 Å². The maximum atomic E-state index is 10.7. The van der Waals surface area contributed by atoms with Crippen molar-refractivity contribution in [2.75, 3.05) is 0 Å². The van der Waals surface area contributed by atoms with E-state index >= 15 is 0 Å². The van der Waals surface area contributed by atoms with E-state index in [-0.39, 0.29) is 0 Å². The highest BCUT2D eigenvalue weighted by atomic mass is 16.3. The van der Waals surface area contributed by atoms with Crippen molar-refractivity contribution in [2.45, 2.75) is 26.9 Å². The third kappa shape index (κ3) is 2.02.